The van der Waals surface area contributed by atoms with Gasteiger partial charge in [0.15, 0.2) is 5.82 Å². The first-order valence-electron chi connectivity index (χ1n) is 8.62. The summed E-state index contributed by atoms with van der Waals surface area (Å²) in [6.07, 6.45) is 0. The fourth-order valence-electron chi connectivity index (χ4n) is 3.15. The minimum Gasteiger partial charge on any atom is -0.435 e. The van der Waals surface area contributed by atoms with Crippen LogP contribution < -0.4 is 10.3 Å². The maximum absolute atomic E-state index is 13.2. The summed E-state index contributed by atoms with van der Waals surface area (Å²) in [5.41, 5.74) is 2.62. The predicted octanol–water partition coefficient (Wildman–Crippen LogP) is 4.87. The summed E-state index contributed by atoms with van der Waals surface area (Å²) in [5, 5.41) is 4.81. The van der Waals surface area contributed by atoms with Crippen molar-refractivity contribution in [2.24, 2.45) is 0 Å². The zero-order chi connectivity index (χ0) is 19.9. The maximum atomic E-state index is 13.2. The van der Waals surface area contributed by atoms with Crippen molar-refractivity contribution in [2.45, 2.75) is 46.8 Å². The lowest BCUT2D eigenvalue weighted by Crippen LogP contribution is -2.26. The maximum Gasteiger partial charge on any atom is 0.387 e. The van der Waals surface area contributed by atoms with E-state index in [1.54, 1.807) is 4.52 Å². The molecular weight excluding hydrogens is 376 g/mol. The van der Waals surface area contributed by atoms with Crippen molar-refractivity contribution in [1.29, 1.82) is 0 Å². The van der Waals surface area contributed by atoms with Crippen molar-refractivity contribution >= 4 is 17.1 Å². The molecule has 2 aromatic heterocycles. The zero-order valence-electron chi connectivity index (χ0n) is 15.5. The van der Waals surface area contributed by atoms with Crippen LogP contribution in [0.1, 0.15) is 37.9 Å². The van der Waals surface area contributed by atoms with Crippen LogP contribution in [0.3, 0.4) is 0 Å². The largest absolute Gasteiger partial charge is 0.435 e. The Morgan fingerprint density at radius 3 is 2.52 bits per heavy atom. The SMILES string of the molecule is CCn1c(-c2ccc(OC(F)F)cc2Cl)nn2c(C)cc(C(C)C)c2c1=O. The van der Waals surface area contributed by atoms with Crippen molar-refractivity contribution < 1.29 is 13.5 Å². The number of aromatic nitrogens is 3. The molecule has 0 atom stereocenters. The molecule has 0 fully saturated rings. The van der Waals surface area contributed by atoms with Gasteiger partial charge in [-0.25, -0.2) is 4.52 Å². The number of rotatable bonds is 5. The molecule has 5 nitrogen and oxygen atoms in total. The van der Waals surface area contributed by atoms with Gasteiger partial charge in [-0.05, 0) is 49.6 Å². The van der Waals surface area contributed by atoms with E-state index >= 15 is 0 Å². The molecule has 0 bridgehead atoms. The van der Waals surface area contributed by atoms with E-state index in [9.17, 15) is 13.6 Å². The van der Waals surface area contributed by atoms with Crippen LogP contribution >= 0.6 is 11.6 Å². The third-order valence-corrected chi connectivity index (χ3v) is 4.74. The van der Waals surface area contributed by atoms with Crippen molar-refractivity contribution in [3.8, 4) is 17.1 Å². The van der Waals surface area contributed by atoms with E-state index in [1.807, 2.05) is 33.8 Å². The third-order valence-electron chi connectivity index (χ3n) is 4.43. The summed E-state index contributed by atoms with van der Waals surface area (Å²) in [6.45, 7) is 5.23. The van der Waals surface area contributed by atoms with E-state index in [0.717, 1.165) is 11.3 Å². The number of halogens is 3. The first kappa shape index (κ1) is 19.4. The summed E-state index contributed by atoms with van der Waals surface area (Å²) in [5.74, 6) is 0.496. The molecule has 0 aliphatic rings. The van der Waals surface area contributed by atoms with Crippen LogP contribution in [0.2, 0.25) is 5.02 Å². The van der Waals surface area contributed by atoms with E-state index in [-0.39, 0.29) is 22.2 Å². The Labute approximate surface area is 160 Å². The Morgan fingerprint density at radius 2 is 1.96 bits per heavy atom. The minimum absolute atomic E-state index is 0.0514. The first-order valence-corrected chi connectivity index (χ1v) is 9.00. The molecule has 0 saturated carbocycles. The molecule has 0 radical (unpaired) electrons. The van der Waals surface area contributed by atoms with Crippen LogP contribution in [0.4, 0.5) is 8.78 Å². The van der Waals surface area contributed by atoms with Crippen LogP contribution in [0.25, 0.3) is 16.9 Å². The van der Waals surface area contributed by atoms with Crippen molar-refractivity contribution in [3.05, 3.63) is 50.9 Å². The van der Waals surface area contributed by atoms with Gasteiger partial charge >= 0.3 is 6.61 Å². The van der Waals surface area contributed by atoms with Crippen molar-refractivity contribution in [3.63, 3.8) is 0 Å². The molecule has 27 heavy (non-hydrogen) atoms. The number of ether oxygens (including phenoxy) is 1. The van der Waals surface area contributed by atoms with Crippen molar-refractivity contribution in [2.75, 3.05) is 0 Å². The van der Waals surface area contributed by atoms with Gasteiger partial charge in [-0.1, -0.05) is 25.4 Å². The fraction of sp³-hybridized carbons (Fsp3) is 0.368. The molecule has 2 heterocycles. The first-order chi connectivity index (χ1) is 12.7. The summed E-state index contributed by atoms with van der Waals surface area (Å²) in [4.78, 5) is 13.2. The highest BCUT2D eigenvalue weighted by Crippen LogP contribution is 2.31. The predicted molar refractivity (Wildman–Crippen MR) is 101 cm³/mol. The molecule has 8 heteroatoms. The summed E-state index contributed by atoms with van der Waals surface area (Å²) in [7, 11) is 0. The van der Waals surface area contributed by atoms with Crippen molar-refractivity contribution in [1.82, 2.24) is 14.2 Å². The number of fused-ring (bicyclic) bond motifs is 1. The molecule has 0 unspecified atom stereocenters. The molecule has 1 aromatic carbocycles. The average molecular weight is 396 g/mol. The quantitative estimate of drug-likeness (QED) is 0.619. The second-order valence-corrected chi connectivity index (χ2v) is 6.96. The lowest BCUT2D eigenvalue weighted by Gasteiger charge is -2.14. The highest BCUT2D eigenvalue weighted by atomic mass is 35.5. The summed E-state index contributed by atoms with van der Waals surface area (Å²) < 4.78 is 32.3. The van der Waals surface area contributed by atoms with E-state index in [4.69, 9.17) is 11.6 Å². The Morgan fingerprint density at radius 1 is 1.26 bits per heavy atom. The molecular formula is C19H20ClF2N3O2. The van der Waals surface area contributed by atoms with Crippen LogP contribution in [-0.2, 0) is 6.54 Å². The Kier molecular flexibility index (Phi) is 5.24. The molecule has 0 aliphatic carbocycles. The highest BCUT2D eigenvalue weighted by Gasteiger charge is 2.20. The van der Waals surface area contributed by atoms with Gasteiger partial charge < -0.3 is 4.74 Å². The van der Waals surface area contributed by atoms with Gasteiger partial charge in [0.2, 0.25) is 0 Å². The Bertz CT molecular complexity index is 1060. The number of aryl methyl sites for hydroxylation is 1. The topological polar surface area (TPSA) is 48.5 Å². The zero-order valence-corrected chi connectivity index (χ0v) is 16.2. The van der Waals surface area contributed by atoms with Gasteiger partial charge in [0, 0.05) is 17.8 Å². The third kappa shape index (κ3) is 3.43. The van der Waals surface area contributed by atoms with E-state index in [0.29, 0.717) is 23.4 Å². The molecule has 0 N–H and O–H groups in total. The van der Waals surface area contributed by atoms with Crippen LogP contribution in [0.15, 0.2) is 29.1 Å². The van der Waals surface area contributed by atoms with Gasteiger partial charge in [-0.2, -0.15) is 8.78 Å². The number of benzene rings is 1. The van der Waals surface area contributed by atoms with Gasteiger partial charge in [-0.15, -0.1) is 5.10 Å². The molecule has 0 aliphatic heterocycles. The molecule has 3 rings (SSSR count). The number of nitrogens with zero attached hydrogens (tertiary/aromatic N) is 3. The number of hydrogen-bond donors (Lipinski definition) is 0. The molecule has 0 amide bonds. The Balaban J connectivity index is 2.26. The van der Waals surface area contributed by atoms with E-state index in [2.05, 4.69) is 9.84 Å². The Hall–Kier alpha value is -2.41. The minimum atomic E-state index is -2.94. The van der Waals surface area contributed by atoms with E-state index < -0.39 is 6.61 Å². The van der Waals surface area contributed by atoms with Gasteiger partial charge in [0.05, 0.1) is 5.02 Å². The van der Waals surface area contributed by atoms with Gasteiger partial charge in [0.1, 0.15) is 11.3 Å². The second-order valence-electron chi connectivity index (χ2n) is 6.55. The normalized spacial score (nSPS) is 11.7. The molecule has 3 aromatic rings. The van der Waals surface area contributed by atoms with Crippen LogP contribution in [0.5, 0.6) is 5.75 Å². The standard InChI is InChI=1S/C19H20ClF2N3O2/c1-5-24-17(13-7-6-12(9-15(13)20)27-19(21)22)23-25-11(4)8-14(10(2)3)16(25)18(24)26/h6-10,19H,5H2,1-4H3. The van der Waals surface area contributed by atoms with Gasteiger partial charge in [-0.3, -0.25) is 9.36 Å². The second kappa shape index (κ2) is 7.31. The lowest BCUT2D eigenvalue weighted by atomic mass is 10.1. The summed E-state index contributed by atoms with van der Waals surface area (Å²) >= 11 is 6.29. The number of alkyl halides is 2. The lowest BCUT2D eigenvalue weighted by molar-refractivity contribution is -0.0498. The monoisotopic (exact) mass is 395 g/mol. The highest BCUT2D eigenvalue weighted by molar-refractivity contribution is 6.33. The molecule has 0 spiro atoms. The van der Waals surface area contributed by atoms with Crippen LogP contribution in [-0.4, -0.2) is 20.8 Å². The van der Waals surface area contributed by atoms with Crippen LogP contribution in [0, 0.1) is 6.92 Å². The smallest absolute Gasteiger partial charge is 0.387 e. The molecule has 0 saturated heterocycles. The van der Waals surface area contributed by atoms with E-state index in [1.165, 1.54) is 22.8 Å². The number of hydrogen-bond acceptors (Lipinski definition) is 3. The summed E-state index contributed by atoms with van der Waals surface area (Å²) in [6, 6.07) is 6.16. The fourth-order valence-corrected chi connectivity index (χ4v) is 3.41. The average Bonchev–Trinajstić information content (AvgIpc) is 2.92. The molecule has 144 valence electrons. The van der Waals surface area contributed by atoms with Gasteiger partial charge in [0.25, 0.3) is 5.56 Å².